The molecule has 1 N–H and O–H groups in total. The highest BCUT2D eigenvalue weighted by Gasteiger charge is 2.18. The van der Waals surface area contributed by atoms with Crippen molar-refractivity contribution < 1.29 is 9.18 Å². The van der Waals surface area contributed by atoms with Crippen molar-refractivity contribution in [2.75, 3.05) is 44.2 Å². The number of nitrogens with one attached hydrogen (secondary N) is 1. The van der Waals surface area contributed by atoms with Gasteiger partial charge in [0.1, 0.15) is 5.82 Å². The monoisotopic (exact) mass is 277 g/mol. The van der Waals surface area contributed by atoms with E-state index in [4.69, 9.17) is 0 Å². The molecule has 0 aliphatic carbocycles. The molecule has 1 saturated heterocycles. The van der Waals surface area contributed by atoms with Crippen LogP contribution in [0, 0.1) is 5.82 Å². The minimum absolute atomic E-state index is 0.0279. The lowest BCUT2D eigenvalue weighted by Crippen LogP contribution is -2.49. The molecule has 108 valence electrons. The molecule has 2 rings (SSSR count). The normalized spacial score (nSPS) is 15.9. The molecule has 1 aromatic carbocycles. The van der Waals surface area contributed by atoms with E-state index in [-0.39, 0.29) is 11.7 Å². The predicted octanol–water partition coefficient (Wildman–Crippen LogP) is 1.25. The van der Waals surface area contributed by atoms with Crippen LogP contribution in [0.1, 0.15) is 0 Å². The summed E-state index contributed by atoms with van der Waals surface area (Å²) >= 11 is 0. The van der Waals surface area contributed by atoms with Crippen LogP contribution in [-0.4, -0.2) is 50.1 Å². The topological polar surface area (TPSA) is 35.6 Å². The highest BCUT2D eigenvalue weighted by molar-refractivity contribution is 5.78. The van der Waals surface area contributed by atoms with Gasteiger partial charge in [-0.15, -0.1) is 6.58 Å². The summed E-state index contributed by atoms with van der Waals surface area (Å²) < 4.78 is 12.9. The summed E-state index contributed by atoms with van der Waals surface area (Å²) in [5, 5.41) is 2.77. The first kappa shape index (κ1) is 14.5. The number of anilines is 1. The minimum atomic E-state index is -0.216. The maximum absolute atomic E-state index is 12.9. The van der Waals surface area contributed by atoms with Gasteiger partial charge in [0.15, 0.2) is 0 Å². The van der Waals surface area contributed by atoms with Gasteiger partial charge < -0.3 is 10.2 Å². The number of piperazine rings is 1. The van der Waals surface area contributed by atoms with Crippen molar-refractivity contribution in [3.05, 3.63) is 42.7 Å². The summed E-state index contributed by atoms with van der Waals surface area (Å²) in [6, 6.07) is 6.54. The number of benzene rings is 1. The Morgan fingerprint density at radius 3 is 2.50 bits per heavy atom. The van der Waals surface area contributed by atoms with Gasteiger partial charge in [-0.2, -0.15) is 0 Å². The summed E-state index contributed by atoms with van der Waals surface area (Å²) in [5.74, 6) is -0.189. The molecule has 1 aliphatic rings. The van der Waals surface area contributed by atoms with E-state index in [0.29, 0.717) is 13.1 Å². The molecular formula is C15H20FN3O. The Labute approximate surface area is 118 Å². The first-order valence-corrected chi connectivity index (χ1v) is 6.79. The van der Waals surface area contributed by atoms with E-state index < -0.39 is 0 Å². The first-order chi connectivity index (χ1) is 9.69. The van der Waals surface area contributed by atoms with Crippen molar-refractivity contribution in [2.24, 2.45) is 0 Å². The summed E-state index contributed by atoms with van der Waals surface area (Å²) in [6.07, 6.45) is 1.67. The highest BCUT2D eigenvalue weighted by Crippen LogP contribution is 2.16. The zero-order chi connectivity index (χ0) is 14.4. The third-order valence-corrected chi connectivity index (χ3v) is 3.37. The van der Waals surface area contributed by atoms with Crippen LogP contribution >= 0.6 is 0 Å². The van der Waals surface area contributed by atoms with Crippen molar-refractivity contribution in [3.8, 4) is 0 Å². The number of rotatable bonds is 5. The second-order valence-electron chi connectivity index (χ2n) is 4.83. The van der Waals surface area contributed by atoms with E-state index in [9.17, 15) is 9.18 Å². The maximum atomic E-state index is 12.9. The second kappa shape index (κ2) is 7.05. The molecule has 0 atom stereocenters. The number of carbonyl (C=O) groups excluding carboxylic acids is 1. The largest absolute Gasteiger partial charge is 0.369 e. The number of halogens is 1. The average Bonchev–Trinajstić information content (AvgIpc) is 2.47. The summed E-state index contributed by atoms with van der Waals surface area (Å²) in [6.45, 7) is 7.86. The average molecular weight is 277 g/mol. The van der Waals surface area contributed by atoms with E-state index in [1.807, 2.05) is 0 Å². The van der Waals surface area contributed by atoms with Gasteiger partial charge in [-0.05, 0) is 24.3 Å². The van der Waals surface area contributed by atoms with Crippen LogP contribution in [0.5, 0.6) is 0 Å². The lowest BCUT2D eigenvalue weighted by Gasteiger charge is -2.35. The summed E-state index contributed by atoms with van der Waals surface area (Å²) in [4.78, 5) is 15.9. The van der Waals surface area contributed by atoms with Gasteiger partial charge in [0.05, 0.1) is 6.54 Å². The number of hydrogen-bond acceptors (Lipinski definition) is 3. The lowest BCUT2D eigenvalue weighted by molar-refractivity contribution is -0.122. The molecule has 0 spiro atoms. The molecule has 0 unspecified atom stereocenters. The van der Waals surface area contributed by atoms with Gasteiger partial charge in [-0.1, -0.05) is 6.08 Å². The molecule has 1 aliphatic heterocycles. The van der Waals surface area contributed by atoms with Crippen LogP contribution in [-0.2, 0) is 4.79 Å². The lowest BCUT2D eigenvalue weighted by atomic mass is 10.2. The van der Waals surface area contributed by atoms with Gasteiger partial charge in [-0.3, -0.25) is 9.69 Å². The minimum Gasteiger partial charge on any atom is -0.369 e. The zero-order valence-corrected chi connectivity index (χ0v) is 11.5. The van der Waals surface area contributed by atoms with Gasteiger partial charge >= 0.3 is 0 Å². The molecule has 1 amide bonds. The van der Waals surface area contributed by atoms with E-state index >= 15 is 0 Å². The number of carbonyl (C=O) groups is 1. The van der Waals surface area contributed by atoms with Crippen molar-refractivity contribution >= 4 is 11.6 Å². The zero-order valence-electron chi connectivity index (χ0n) is 11.5. The van der Waals surface area contributed by atoms with Crippen LogP contribution in [0.15, 0.2) is 36.9 Å². The Hall–Kier alpha value is -1.88. The smallest absolute Gasteiger partial charge is 0.234 e. The van der Waals surface area contributed by atoms with Gasteiger partial charge in [0.2, 0.25) is 5.91 Å². The fourth-order valence-corrected chi connectivity index (χ4v) is 2.26. The van der Waals surface area contributed by atoms with E-state index in [0.717, 1.165) is 31.9 Å². The molecule has 0 bridgehead atoms. The fourth-order valence-electron chi connectivity index (χ4n) is 2.26. The molecular weight excluding hydrogens is 257 g/mol. The SMILES string of the molecule is C=CCNC(=O)CN1CCN(c2ccc(F)cc2)CC1. The number of nitrogens with zero attached hydrogens (tertiary/aromatic N) is 2. The molecule has 0 saturated carbocycles. The highest BCUT2D eigenvalue weighted by atomic mass is 19.1. The number of hydrogen-bond donors (Lipinski definition) is 1. The molecule has 1 fully saturated rings. The van der Waals surface area contributed by atoms with Crippen molar-refractivity contribution in [1.82, 2.24) is 10.2 Å². The van der Waals surface area contributed by atoms with Crippen molar-refractivity contribution in [1.29, 1.82) is 0 Å². The standard InChI is InChI=1S/C15H20FN3O/c1-2-7-17-15(20)12-18-8-10-19(11-9-18)14-5-3-13(16)4-6-14/h2-6H,1,7-12H2,(H,17,20). The molecule has 5 heteroatoms. The van der Waals surface area contributed by atoms with Crippen LogP contribution in [0.25, 0.3) is 0 Å². The molecule has 20 heavy (non-hydrogen) atoms. The van der Waals surface area contributed by atoms with Crippen LogP contribution in [0.3, 0.4) is 0 Å². The van der Waals surface area contributed by atoms with Crippen LogP contribution < -0.4 is 10.2 Å². The third-order valence-electron chi connectivity index (χ3n) is 3.37. The van der Waals surface area contributed by atoms with Crippen molar-refractivity contribution in [2.45, 2.75) is 0 Å². The summed E-state index contributed by atoms with van der Waals surface area (Å²) in [5.41, 5.74) is 1.03. The second-order valence-corrected chi connectivity index (χ2v) is 4.83. The predicted molar refractivity (Wildman–Crippen MR) is 78.3 cm³/mol. The van der Waals surface area contributed by atoms with Gasteiger partial charge in [0, 0.05) is 38.4 Å². The Bertz CT molecular complexity index is 453. The van der Waals surface area contributed by atoms with Gasteiger partial charge in [-0.25, -0.2) is 4.39 Å². The molecule has 1 heterocycles. The molecule has 0 radical (unpaired) electrons. The maximum Gasteiger partial charge on any atom is 0.234 e. The Kier molecular flexibility index (Phi) is 5.12. The van der Waals surface area contributed by atoms with E-state index in [2.05, 4.69) is 21.7 Å². The van der Waals surface area contributed by atoms with E-state index in [1.165, 1.54) is 12.1 Å². The molecule has 0 aromatic heterocycles. The van der Waals surface area contributed by atoms with Crippen molar-refractivity contribution in [3.63, 3.8) is 0 Å². The molecule has 4 nitrogen and oxygen atoms in total. The molecule has 1 aromatic rings. The van der Waals surface area contributed by atoms with E-state index in [1.54, 1.807) is 18.2 Å². The summed E-state index contributed by atoms with van der Waals surface area (Å²) in [7, 11) is 0. The Morgan fingerprint density at radius 1 is 1.25 bits per heavy atom. The Morgan fingerprint density at radius 2 is 1.90 bits per heavy atom. The third kappa shape index (κ3) is 4.06. The quantitative estimate of drug-likeness (QED) is 0.823. The van der Waals surface area contributed by atoms with Crippen LogP contribution in [0.2, 0.25) is 0 Å². The van der Waals surface area contributed by atoms with Crippen LogP contribution in [0.4, 0.5) is 10.1 Å². The Balaban J connectivity index is 1.78. The number of amides is 1. The fraction of sp³-hybridized carbons (Fsp3) is 0.400. The first-order valence-electron chi connectivity index (χ1n) is 6.79. The van der Waals surface area contributed by atoms with Gasteiger partial charge in [0.25, 0.3) is 0 Å².